The number of non-ortho nitro benzene ring substituents is 1. The van der Waals surface area contributed by atoms with Crippen LogP contribution >= 0.6 is 0 Å². The molecule has 2 N–H and O–H groups in total. The standard InChI is InChI=1S/C27H27N3O6/c1-17(2)15-25(29-27(32)36-19-13-11-18(12-14-19)30(33)34)28-26(31)35-16-24-22-9-5-3-7-20(22)21-8-4-6-10-23(21)24/h3-14,17,24-25H,15-16H2,1-2H3,(H,28,31)(H,29,32)/t25-/m1/s1. The number of nitro groups is 1. The van der Waals surface area contributed by atoms with Crippen molar-refractivity contribution >= 4 is 17.9 Å². The lowest BCUT2D eigenvalue weighted by Crippen LogP contribution is -2.49. The van der Waals surface area contributed by atoms with Gasteiger partial charge in [0.1, 0.15) is 18.5 Å². The first-order valence-electron chi connectivity index (χ1n) is 11.7. The molecular weight excluding hydrogens is 462 g/mol. The van der Waals surface area contributed by atoms with Gasteiger partial charge in [-0.15, -0.1) is 0 Å². The van der Waals surface area contributed by atoms with Crippen LogP contribution in [0.5, 0.6) is 5.75 Å². The molecule has 1 atom stereocenters. The molecule has 0 saturated heterocycles. The van der Waals surface area contributed by atoms with E-state index in [0.717, 1.165) is 22.3 Å². The van der Waals surface area contributed by atoms with Crippen molar-refractivity contribution in [1.82, 2.24) is 10.6 Å². The third kappa shape index (κ3) is 5.80. The van der Waals surface area contributed by atoms with Crippen molar-refractivity contribution in [3.05, 3.63) is 94.0 Å². The first kappa shape index (κ1) is 24.7. The van der Waals surface area contributed by atoms with E-state index in [2.05, 4.69) is 22.8 Å². The lowest BCUT2D eigenvalue weighted by Gasteiger charge is -2.22. The van der Waals surface area contributed by atoms with E-state index in [0.29, 0.717) is 6.42 Å². The van der Waals surface area contributed by atoms with E-state index in [9.17, 15) is 19.7 Å². The van der Waals surface area contributed by atoms with E-state index in [1.54, 1.807) is 0 Å². The smallest absolute Gasteiger partial charge is 0.414 e. The quantitative estimate of drug-likeness (QED) is 0.242. The molecule has 186 valence electrons. The van der Waals surface area contributed by atoms with Crippen LogP contribution in [0.25, 0.3) is 11.1 Å². The largest absolute Gasteiger partial charge is 0.449 e. The van der Waals surface area contributed by atoms with Crippen LogP contribution in [0.2, 0.25) is 0 Å². The van der Waals surface area contributed by atoms with Crippen molar-refractivity contribution in [1.29, 1.82) is 0 Å². The number of benzene rings is 3. The number of nitrogens with one attached hydrogen (secondary N) is 2. The van der Waals surface area contributed by atoms with Gasteiger partial charge in [-0.2, -0.15) is 0 Å². The molecule has 0 bridgehead atoms. The molecule has 0 heterocycles. The van der Waals surface area contributed by atoms with E-state index in [-0.39, 0.29) is 29.9 Å². The molecule has 0 aromatic heterocycles. The summed E-state index contributed by atoms with van der Waals surface area (Å²) in [5.74, 6) is 0.220. The van der Waals surface area contributed by atoms with E-state index in [4.69, 9.17) is 9.47 Å². The zero-order valence-corrected chi connectivity index (χ0v) is 20.0. The summed E-state index contributed by atoms with van der Waals surface area (Å²) in [4.78, 5) is 35.3. The fourth-order valence-electron chi connectivity index (χ4n) is 4.32. The van der Waals surface area contributed by atoms with Crippen molar-refractivity contribution in [2.45, 2.75) is 32.4 Å². The van der Waals surface area contributed by atoms with Gasteiger partial charge in [0.2, 0.25) is 0 Å². The van der Waals surface area contributed by atoms with Crippen LogP contribution in [0.3, 0.4) is 0 Å². The van der Waals surface area contributed by atoms with Gasteiger partial charge in [-0.1, -0.05) is 62.4 Å². The molecule has 0 unspecified atom stereocenters. The highest BCUT2D eigenvalue weighted by atomic mass is 16.6. The topological polar surface area (TPSA) is 120 Å². The summed E-state index contributed by atoms with van der Waals surface area (Å²) in [6.45, 7) is 4.06. The van der Waals surface area contributed by atoms with E-state index < -0.39 is 23.3 Å². The maximum absolute atomic E-state index is 12.7. The Morgan fingerprint density at radius 3 is 2.00 bits per heavy atom. The van der Waals surface area contributed by atoms with Crippen molar-refractivity contribution in [2.75, 3.05) is 6.61 Å². The van der Waals surface area contributed by atoms with Gasteiger partial charge in [-0.05, 0) is 46.7 Å². The summed E-state index contributed by atoms with van der Waals surface area (Å²) in [7, 11) is 0. The minimum atomic E-state index is -0.798. The normalized spacial score (nSPS) is 12.9. The molecule has 3 aromatic carbocycles. The Morgan fingerprint density at radius 1 is 0.889 bits per heavy atom. The van der Waals surface area contributed by atoms with E-state index in [1.807, 2.05) is 50.2 Å². The number of nitrogens with zero attached hydrogens (tertiary/aromatic N) is 1. The highest BCUT2D eigenvalue weighted by molar-refractivity contribution is 5.79. The van der Waals surface area contributed by atoms with Gasteiger partial charge in [-0.25, -0.2) is 9.59 Å². The number of ether oxygens (including phenoxy) is 2. The molecule has 0 fully saturated rings. The second-order valence-corrected chi connectivity index (χ2v) is 8.94. The predicted molar refractivity (Wildman–Crippen MR) is 134 cm³/mol. The number of carbonyl (C=O) groups is 2. The second-order valence-electron chi connectivity index (χ2n) is 8.94. The summed E-state index contributed by atoms with van der Waals surface area (Å²) in [5, 5.41) is 16.1. The Labute approximate surface area is 208 Å². The molecule has 2 amide bonds. The minimum absolute atomic E-state index is 0.0771. The molecule has 0 radical (unpaired) electrons. The summed E-state index contributed by atoms with van der Waals surface area (Å²) >= 11 is 0. The second kappa shape index (κ2) is 10.9. The van der Waals surface area contributed by atoms with Crippen LogP contribution < -0.4 is 15.4 Å². The molecule has 3 aromatic rings. The number of carbonyl (C=O) groups excluding carboxylic acids is 2. The third-order valence-corrected chi connectivity index (χ3v) is 5.89. The van der Waals surface area contributed by atoms with Crippen LogP contribution in [0.4, 0.5) is 15.3 Å². The van der Waals surface area contributed by atoms with Crippen molar-refractivity contribution in [2.24, 2.45) is 5.92 Å². The van der Waals surface area contributed by atoms with Gasteiger partial charge in [0.15, 0.2) is 0 Å². The van der Waals surface area contributed by atoms with Crippen LogP contribution in [-0.4, -0.2) is 29.9 Å². The first-order chi connectivity index (χ1) is 17.3. The van der Waals surface area contributed by atoms with Crippen molar-refractivity contribution in [3.8, 4) is 16.9 Å². The van der Waals surface area contributed by atoms with Gasteiger partial charge < -0.3 is 20.1 Å². The average Bonchev–Trinajstić information content (AvgIpc) is 3.16. The summed E-state index contributed by atoms with van der Waals surface area (Å²) < 4.78 is 10.8. The molecule has 1 aliphatic carbocycles. The Morgan fingerprint density at radius 2 is 1.44 bits per heavy atom. The fourth-order valence-corrected chi connectivity index (χ4v) is 4.32. The van der Waals surface area contributed by atoms with Crippen LogP contribution in [0, 0.1) is 16.0 Å². The summed E-state index contributed by atoms with van der Waals surface area (Å²) in [6, 6.07) is 21.3. The minimum Gasteiger partial charge on any atom is -0.449 e. The molecule has 0 saturated carbocycles. The number of nitro benzene ring substituents is 1. The zero-order valence-electron chi connectivity index (χ0n) is 20.0. The molecular formula is C27H27N3O6. The third-order valence-electron chi connectivity index (χ3n) is 5.89. The van der Waals surface area contributed by atoms with Crippen LogP contribution in [0.15, 0.2) is 72.8 Å². The molecule has 36 heavy (non-hydrogen) atoms. The Balaban J connectivity index is 1.36. The molecule has 9 heteroatoms. The van der Waals surface area contributed by atoms with Crippen LogP contribution in [0.1, 0.15) is 37.3 Å². The number of fused-ring (bicyclic) bond motifs is 3. The molecule has 4 rings (SSSR count). The summed E-state index contributed by atoms with van der Waals surface area (Å²) in [6.07, 6.45) is -1.74. The van der Waals surface area contributed by atoms with Gasteiger partial charge in [0.25, 0.3) is 5.69 Å². The van der Waals surface area contributed by atoms with Crippen molar-refractivity contribution in [3.63, 3.8) is 0 Å². The lowest BCUT2D eigenvalue weighted by atomic mass is 9.98. The molecule has 9 nitrogen and oxygen atoms in total. The average molecular weight is 490 g/mol. The molecule has 1 aliphatic rings. The first-order valence-corrected chi connectivity index (χ1v) is 11.7. The van der Waals surface area contributed by atoms with Gasteiger partial charge >= 0.3 is 12.2 Å². The number of hydrogen-bond acceptors (Lipinski definition) is 6. The Bertz CT molecular complexity index is 1210. The highest BCUT2D eigenvalue weighted by Gasteiger charge is 2.29. The number of hydrogen-bond donors (Lipinski definition) is 2. The molecule has 0 spiro atoms. The van der Waals surface area contributed by atoms with E-state index >= 15 is 0 Å². The number of amides is 2. The zero-order chi connectivity index (χ0) is 25.7. The Hall–Kier alpha value is -4.40. The van der Waals surface area contributed by atoms with E-state index in [1.165, 1.54) is 24.3 Å². The number of alkyl carbamates (subject to hydrolysis) is 1. The maximum atomic E-state index is 12.7. The van der Waals surface area contributed by atoms with Gasteiger partial charge in [0.05, 0.1) is 4.92 Å². The van der Waals surface area contributed by atoms with Gasteiger partial charge in [0, 0.05) is 18.1 Å². The SMILES string of the molecule is CC(C)C[C@H](NC(=O)OCC1c2ccccc2-c2ccccc21)NC(=O)Oc1ccc([N+](=O)[O-])cc1. The monoisotopic (exact) mass is 489 g/mol. The summed E-state index contributed by atoms with van der Waals surface area (Å²) in [5.41, 5.74) is 4.37. The van der Waals surface area contributed by atoms with Crippen molar-refractivity contribution < 1.29 is 24.0 Å². The maximum Gasteiger partial charge on any atom is 0.414 e. The molecule has 0 aliphatic heterocycles. The fraction of sp³-hybridized carbons (Fsp3) is 0.259. The highest BCUT2D eigenvalue weighted by Crippen LogP contribution is 2.44. The number of rotatable bonds is 8. The van der Waals surface area contributed by atoms with Gasteiger partial charge in [-0.3, -0.25) is 10.1 Å². The Kier molecular flexibility index (Phi) is 7.48. The van der Waals surface area contributed by atoms with Crippen LogP contribution in [-0.2, 0) is 4.74 Å². The predicted octanol–water partition coefficient (Wildman–Crippen LogP) is 5.59. The lowest BCUT2D eigenvalue weighted by molar-refractivity contribution is -0.384.